The van der Waals surface area contributed by atoms with E-state index in [0.29, 0.717) is 22.3 Å². The zero-order chi connectivity index (χ0) is 35.8. The number of rotatable bonds is 4. The van der Waals surface area contributed by atoms with Crippen LogP contribution in [0.5, 0.6) is 0 Å². The maximum atomic E-state index is 9.45. The van der Waals surface area contributed by atoms with Crippen LogP contribution in [0.25, 0.3) is 98.8 Å². The molecule has 0 N–H and O–H groups in total. The standard InChI is InChI=1S/C48H30O/c1-2-12-33(13-3-1)46-39-15-6-8-17-41(39)47(42-18-9-7-16-40(42)46)34-24-21-32(22-25-34)36-27-28-43-45(30-36)49-44-20-10-19-38(48(43)44)37-26-23-31-11-4-5-14-35(31)29-37/h1-30H/i21D,22D,24D,25D. The summed E-state index contributed by atoms with van der Waals surface area (Å²) in [6.45, 7) is 0. The molecule has 0 unspecified atom stereocenters. The molecule has 0 radical (unpaired) electrons. The van der Waals surface area contributed by atoms with Crippen LogP contribution in [-0.2, 0) is 0 Å². The molecule has 0 aliphatic carbocycles. The molecule has 0 spiro atoms. The van der Waals surface area contributed by atoms with Gasteiger partial charge in [0.2, 0.25) is 0 Å². The molecule has 1 nitrogen and oxygen atoms in total. The van der Waals surface area contributed by atoms with E-state index in [1.54, 1.807) is 0 Å². The maximum absolute atomic E-state index is 9.45. The van der Waals surface area contributed by atoms with Gasteiger partial charge in [-0.1, -0.05) is 158 Å². The van der Waals surface area contributed by atoms with E-state index in [2.05, 4.69) is 60.7 Å². The number of furan rings is 1. The van der Waals surface area contributed by atoms with E-state index in [9.17, 15) is 5.48 Å². The number of fused-ring (bicyclic) bond motifs is 6. The van der Waals surface area contributed by atoms with Gasteiger partial charge in [0.05, 0.1) is 5.48 Å². The maximum Gasteiger partial charge on any atom is 0.136 e. The Morgan fingerprint density at radius 2 is 0.939 bits per heavy atom. The predicted octanol–water partition coefficient (Wildman–Crippen LogP) is 13.7. The van der Waals surface area contributed by atoms with Gasteiger partial charge in [0, 0.05) is 10.8 Å². The first-order valence-electron chi connectivity index (χ1n) is 18.5. The van der Waals surface area contributed by atoms with Gasteiger partial charge in [-0.3, -0.25) is 0 Å². The van der Waals surface area contributed by atoms with Gasteiger partial charge in [0.1, 0.15) is 11.2 Å². The summed E-state index contributed by atoms with van der Waals surface area (Å²) in [7, 11) is 0. The van der Waals surface area contributed by atoms with Gasteiger partial charge in [-0.15, -0.1) is 0 Å². The van der Waals surface area contributed by atoms with E-state index in [-0.39, 0.29) is 29.7 Å². The summed E-state index contributed by atoms with van der Waals surface area (Å²) in [4.78, 5) is 0. The van der Waals surface area contributed by atoms with Crippen LogP contribution in [0.1, 0.15) is 5.48 Å². The number of benzene rings is 9. The summed E-state index contributed by atoms with van der Waals surface area (Å²) in [6.07, 6.45) is 0. The molecule has 49 heavy (non-hydrogen) atoms. The molecule has 0 fully saturated rings. The molecule has 0 saturated heterocycles. The van der Waals surface area contributed by atoms with Crippen molar-refractivity contribution in [2.24, 2.45) is 0 Å². The predicted molar refractivity (Wildman–Crippen MR) is 208 cm³/mol. The summed E-state index contributed by atoms with van der Waals surface area (Å²) in [5.41, 5.74) is 7.49. The second-order valence-electron chi connectivity index (χ2n) is 12.5. The van der Waals surface area contributed by atoms with E-state index in [1.807, 2.05) is 97.1 Å². The van der Waals surface area contributed by atoms with Crippen LogP contribution in [0.2, 0.25) is 0 Å². The van der Waals surface area contributed by atoms with E-state index in [1.165, 1.54) is 5.39 Å². The zero-order valence-electron chi connectivity index (χ0n) is 30.4. The molecule has 1 heteroatoms. The minimum absolute atomic E-state index is 0.0768. The molecule has 228 valence electrons. The first-order valence-corrected chi connectivity index (χ1v) is 16.5. The van der Waals surface area contributed by atoms with Gasteiger partial charge in [0.25, 0.3) is 0 Å². The van der Waals surface area contributed by atoms with Crippen molar-refractivity contribution < 1.29 is 9.90 Å². The van der Waals surface area contributed by atoms with Crippen LogP contribution >= 0.6 is 0 Å². The Morgan fingerprint density at radius 1 is 0.347 bits per heavy atom. The van der Waals surface area contributed by atoms with Crippen molar-refractivity contribution in [2.45, 2.75) is 0 Å². The largest absolute Gasteiger partial charge is 0.456 e. The third-order valence-electron chi connectivity index (χ3n) is 9.72. The van der Waals surface area contributed by atoms with Crippen LogP contribution in [0.15, 0.2) is 186 Å². The van der Waals surface area contributed by atoms with Crippen molar-refractivity contribution in [3.63, 3.8) is 0 Å². The molecule has 10 aromatic rings. The molecular weight excluding hydrogens is 593 g/mol. The SMILES string of the molecule is [2H]c1c([2H])c(-c2c3ccccc3c(-c3ccccc3)c3ccccc23)c([2H])c([2H])c1-c1ccc2c(c1)oc1cccc(-c3ccc4ccccc4c3)c12. The van der Waals surface area contributed by atoms with Crippen LogP contribution in [0, 0.1) is 0 Å². The fourth-order valence-corrected chi connectivity index (χ4v) is 7.47. The van der Waals surface area contributed by atoms with Crippen molar-refractivity contribution in [1.29, 1.82) is 0 Å². The minimum atomic E-state index is -0.0892. The highest BCUT2D eigenvalue weighted by atomic mass is 16.3. The first kappa shape index (κ1) is 23.8. The summed E-state index contributed by atoms with van der Waals surface area (Å²) in [5, 5.41) is 8.01. The van der Waals surface area contributed by atoms with Gasteiger partial charge in [-0.2, -0.15) is 0 Å². The highest BCUT2D eigenvalue weighted by Gasteiger charge is 2.17. The highest BCUT2D eigenvalue weighted by Crippen LogP contribution is 2.44. The third kappa shape index (κ3) is 4.47. The van der Waals surface area contributed by atoms with Crippen LogP contribution < -0.4 is 0 Å². The van der Waals surface area contributed by atoms with E-state index < -0.39 is 0 Å². The molecule has 0 aliphatic heterocycles. The van der Waals surface area contributed by atoms with Crippen molar-refractivity contribution >= 4 is 54.3 Å². The van der Waals surface area contributed by atoms with E-state index >= 15 is 0 Å². The fourth-order valence-electron chi connectivity index (χ4n) is 7.47. The summed E-state index contributed by atoms with van der Waals surface area (Å²) < 4.78 is 44.0. The molecule has 9 aromatic carbocycles. The number of hydrogen-bond acceptors (Lipinski definition) is 1. The van der Waals surface area contributed by atoms with Gasteiger partial charge in [-0.25, -0.2) is 0 Å². The van der Waals surface area contributed by atoms with Gasteiger partial charge in [-0.05, 0) is 101 Å². The fraction of sp³-hybridized carbons (Fsp3) is 0. The van der Waals surface area contributed by atoms with Crippen molar-refractivity contribution in [2.75, 3.05) is 0 Å². The second kappa shape index (κ2) is 11.1. The van der Waals surface area contributed by atoms with Crippen molar-refractivity contribution in [3.05, 3.63) is 182 Å². The second-order valence-corrected chi connectivity index (χ2v) is 12.5. The minimum Gasteiger partial charge on any atom is -0.456 e. The Hall–Kier alpha value is -6.44. The Labute approximate surface area is 289 Å². The Balaban J connectivity index is 1.17. The molecule has 0 amide bonds. The zero-order valence-corrected chi connectivity index (χ0v) is 26.4. The molecule has 10 rings (SSSR count). The Morgan fingerprint density at radius 3 is 1.65 bits per heavy atom. The van der Waals surface area contributed by atoms with Crippen molar-refractivity contribution in [1.82, 2.24) is 0 Å². The summed E-state index contributed by atoms with van der Waals surface area (Å²) >= 11 is 0. The lowest BCUT2D eigenvalue weighted by molar-refractivity contribution is 0.669. The summed E-state index contributed by atoms with van der Waals surface area (Å²) in [6, 6.07) is 52.6. The molecular formula is C48H30O. The number of hydrogen-bond donors (Lipinski definition) is 0. The topological polar surface area (TPSA) is 13.1 Å². The molecule has 0 saturated carbocycles. The Kier molecular flexibility index (Phi) is 5.38. The lowest BCUT2D eigenvalue weighted by atomic mass is 9.86. The quantitative estimate of drug-likeness (QED) is 0.177. The lowest BCUT2D eigenvalue weighted by Gasteiger charge is -2.18. The Bertz CT molecular complexity index is 3020. The van der Waals surface area contributed by atoms with Gasteiger partial charge in [0.15, 0.2) is 0 Å². The van der Waals surface area contributed by atoms with Gasteiger partial charge >= 0.3 is 0 Å². The van der Waals surface area contributed by atoms with E-state index in [4.69, 9.17) is 4.42 Å². The van der Waals surface area contributed by atoms with Gasteiger partial charge < -0.3 is 4.42 Å². The van der Waals surface area contributed by atoms with Crippen LogP contribution in [-0.4, -0.2) is 0 Å². The molecule has 1 heterocycles. The monoisotopic (exact) mass is 626 g/mol. The average molecular weight is 627 g/mol. The molecule has 0 bridgehead atoms. The van der Waals surface area contributed by atoms with Crippen LogP contribution in [0.4, 0.5) is 0 Å². The summed E-state index contributed by atoms with van der Waals surface area (Å²) in [5.74, 6) is 0. The smallest absolute Gasteiger partial charge is 0.136 e. The highest BCUT2D eigenvalue weighted by molar-refractivity contribution is 6.21. The average Bonchev–Trinajstić information content (AvgIpc) is 3.58. The molecule has 0 aliphatic rings. The van der Waals surface area contributed by atoms with Crippen LogP contribution in [0.3, 0.4) is 0 Å². The van der Waals surface area contributed by atoms with Crippen molar-refractivity contribution in [3.8, 4) is 44.5 Å². The van der Waals surface area contributed by atoms with E-state index in [0.717, 1.165) is 65.5 Å². The normalized spacial score (nSPS) is 12.8. The third-order valence-corrected chi connectivity index (χ3v) is 9.72. The lowest BCUT2D eigenvalue weighted by Crippen LogP contribution is -1.90. The first-order chi connectivity index (χ1) is 26.0. The molecule has 1 aromatic heterocycles. The molecule has 0 atom stereocenters.